The first kappa shape index (κ1) is 13.6. The van der Waals surface area contributed by atoms with Crippen LogP contribution < -0.4 is 4.74 Å². The highest BCUT2D eigenvalue weighted by molar-refractivity contribution is 7.12. The van der Waals surface area contributed by atoms with Crippen molar-refractivity contribution in [2.24, 2.45) is 0 Å². The lowest BCUT2D eigenvalue weighted by Gasteiger charge is -2.07. The zero-order valence-corrected chi connectivity index (χ0v) is 12.2. The van der Waals surface area contributed by atoms with E-state index in [1.807, 2.05) is 66.0 Å². The van der Waals surface area contributed by atoms with Crippen molar-refractivity contribution in [1.29, 1.82) is 0 Å². The number of benzene rings is 2. The van der Waals surface area contributed by atoms with Gasteiger partial charge in [-0.1, -0.05) is 42.5 Å². The molecule has 2 nitrogen and oxygen atoms in total. The second-order valence-corrected chi connectivity index (χ2v) is 5.56. The molecule has 104 valence electrons. The van der Waals surface area contributed by atoms with Crippen LogP contribution >= 0.6 is 11.3 Å². The standard InChI is InChI=1S/C18H14O2S/c19-12-18-17(10-11-21-18)15-6-8-16(9-7-15)20-13-14-4-2-1-3-5-14/h1-12H,13H2. The van der Waals surface area contributed by atoms with Crippen molar-refractivity contribution in [3.63, 3.8) is 0 Å². The van der Waals surface area contributed by atoms with Gasteiger partial charge in [0.15, 0.2) is 6.29 Å². The molecule has 0 unspecified atom stereocenters. The van der Waals surface area contributed by atoms with Crippen molar-refractivity contribution in [3.05, 3.63) is 76.5 Å². The lowest BCUT2D eigenvalue weighted by molar-refractivity contribution is 0.112. The van der Waals surface area contributed by atoms with Gasteiger partial charge in [0.05, 0.1) is 4.88 Å². The number of carbonyl (C=O) groups excluding carboxylic acids is 1. The van der Waals surface area contributed by atoms with E-state index in [-0.39, 0.29) is 0 Å². The lowest BCUT2D eigenvalue weighted by Crippen LogP contribution is -1.94. The number of hydrogen-bond donors (Lipinski definition) is 0. The molecule has 0 bridgehead atoms. The molecule has 21 heavy (non-hydrogen) atoms. The Morgan fingerprint density at radius 1 is 0.952 bits per heavy atom. The maximum atomic E-state index is 11.0. The van der Waals surface area contributed by atoms with Crippen molar-refractivity contribution >= 4 is 17.6 Å². The van der Waals surface area contributed by atoms with Crippen LogP contribution in [-0.2, 0) is 6.61 Å². The Bertz CT molecular complexity index is 714. The molecule has 0 spiro atoms. The molecular formula is C18H14O2S. The Balaban J connectivity index is 1.71. The number of carbonyl (C=O) groups is 1. The van der Waals surface area contributed by atoms with E-state index in [0.29, 0.717) is 6.61 Å². The first-order valence-corrected chi connectivity index (χ1v) is 7.54. The van der Waals surface area contributed by atoms with Crippen LogP contribution in [-0.4, -0.2) is 6.29 Å². The summed E-state index contributed by atoms with van der Waals surface area (Å²) in [5, 5.41) is 1.93. The molecule has 0 aliphatic carbocycles. The minimum atomic E-state index is 0.554. The van der Waals surface area contributed by atoms with Crippen LogP contribution in [0.1, 0.15) is 15.2 Å². The molecule has 0 radical (unpaired) electrons. The SMILES string of the molecule is O=Cc1sccc1-c1ccc(OCc2ccccc2)cc1. The van der Waals surface area contributed by atoms with Gasteiger partial charge in [0.25, 0.3) is 0 Å². The molecule has 3 aromatic rings. The van der Waals surface area contributed by atoms with Crippen LogP contribution in [0.5, 0.6) is 5.75 Å². The third kappa shape index (κ3) is 3.20. The number of ether oxygens (including phenoxy) is 1. The number of hydrogen-bond acceptors (Lipinski definition) is 3. The van der Waals surface area contributed by atoms with E-state index < -0.39 is 0 Å². The van der Waals surface area contributed by atoms with Gasteiger partial charge in [-0.15, -0.1) is 11.3 Å². The van der Waals surface area contributed by atoms with Crippen molar-refractivity contribution in [1.82, 2.24) is 0 Å². The zero-order valence-electron chi connectivity index (χ0n) is 11.4. The molecule has 2 aromatic carbocycles. The van der Waals surface area contributed by atoms with Gasteiger partial charge in [0.2, 0.25) is 0 Å². The topological polar surface area (TPSA) is 26.3 Å². The fourth-order valence-corrected chi connectivity index (χ4v) is 2.84. The third-order valence-electron chi connectivity index (χ3n) is 3.22. The van der Waals surface area contributed by atoms with Crippen molar-refractivity contribution in [2.75, 3.05) is 0 Å². The minimum Gasteiger partial charge on any atom is -0.489 e. The van der Waals surface area contributed by atoms with Crippen LogP contribution in [0, 0.1) is 0 Å². The molecule has 0 aliphatic heterocycles. The van der Waals surface area contributed by atoms with Crippen LogP contribution in [0.2, 0.25) is 0 Å². The van der Waals surface area contributed by atoms with Crippen molar-refractivity contribution in [2.45, 2.75) is 6.61 Å². The van der Waals surface area contributed by atoms with Gasteiger partial charge >= 0.3 is 0 Å². The average molecular weight is 294 g/mol. The fourth-order valence-electron chi connectivity index (χ4n) is 2.12. The van der Waals surface area contributed by atoms with Gasteiger partial charge in [0.1, 0.15) is 12.4 Å². The van der Waals surface area contributed by atoms with E-state index in [4.69, 9.17) is 4.74 Å². The van der Waals surface area contributed by atoms with E-state index in [0.717, 1.165) is 33.6 Å². The van der Waals surface area contributed by atoms with Crippen LogP contribution in [0.3, 0.4) is 0 Å². The molecule has 0 N–H and O–H groups in total. The summed E-state index contributed by atoms with van der Waals surface area (Å²) in [5.74, 6) is 0.825. The Kier molecular flexibility index (Phi) is 4.12. The number of rotatable bonds is 5. The van der Waals surface area contributed by atoms with E-state index in [9.17, 15) is 4.79 Å². The molecule has 0 saturated carbocycles. The molecule has 0 atom stereocenters. The summed E-state index contributed by atoms with van der Waals surface area (Å²) in [4.78, 5) is 11.7. The smallest absolute Gasteiger partial charge is 0.160 e. The molecule has 1 aromatic heterocycles. The van der Waals surface area contributed by atoms with E-state index in [2.05, 4.69) is 0 Å². The number of aldehydes is 1. The minimum absolute atomic E-state index is 0.554. The van der Waals surface area contributed by atoms with Crippen molar-refractivity contribution in [3.8, 4) is 16.9 Å². The predicted molar refractivity (Wildman–Crippen MR) is 85.9 cm³/mol. The predicted octanol–water partition coefficient (Wildman–Crippen LogP) is 4.81. The second-order valence-electron chi connectivity index (χ2n) is 4.62. The molecule has 1 heterocycles. The van der Waals surface area contributed by atoms with Gasteiger partial charge in [-0.05, 0) is 34.7 Å². The van der Waals surface area contributed by atoms with Gasteiger partial charge in [-0.25, -0.2) is 0 Å². The molecule has 0 aliphatic rings. The summed E-state index contributed by atoms with van der Waals surface area (Å²) >= 11 is 1.46. The van der Waals surface area contributed by atoms with Gasteiger partial charge in [-0.2, -0.15) is 0 Å². The largest absolute Gasteiger partial charge is 0.489 e. The first-order valence-electron chi connectivity index (χ1n) is 6.66. The summed E-state index contributed by atoms with van der Waals surface area (Å²) in [6, 6.07) is 19.9. The number of thiophene rings is 1. The first-order chi connectivity index (χ1) is 10.4. The molecule has 3 rings (SSSR count). The maximum absolute atomic E-state index is 11.0. The summed E-state index contributed by atoms with van der Waals surface area (Å²) in [6.07, 6.45) is 0.903. The van der Waals surface area contributed by atoms with E-state index in [1.54, 1.807) is 0 Å². The normalized spacial score (nSPS) is 10.3. The lowest BCUT2D eigenvalue weighted by atomic mass is 10.1. The molecule has 0 saturated heterocycles. The maximum Gasteiger partial charge on any atom is 0.160 e. The molecular weight excluding hydrogens is 280 g/mol. The van der Waals surface area contributed by atoms with E-state index in [1.165, 1.54) is 11.3 Å². The molecule has 3 heteroatoms. The monoisotopic (exact) mass is 294 g/mol. The Hall–Kier alpha value is -2.39. The molecule has 0 fully saturated rings. The second kappa shape index (κ2) is 6.37. The Morgan fingerprint density at radius 3 is 2.43 bits per heavy atom. The summed E-state index contributed by atoms with van der Waals surface area (Å²) in [7, 11) is 0. The highest BCUT2D eigenvalue weighted by Crippen LogP contribution is 2.28. The Morgan fingerprint density at radius 2 is 1.71 bits per heavy atom. The van der Waals surface area contributed by atoms with Crippen LogP contribution in [0.4, 0.5) is 0 Å². The zero-order chi connectivity index (χ0) is 14.5. The van der Waals surface area contributed by atoms with E-state index >= 15 is 0 Å². The quantitative estimate of drug-likeness (QED) is 0.631. The fraction of sp³-hybridized carbons (Fsp3) is 0.0556. The van der Waals surface area contributed by atoms with Crippen molar-refractivity contribution < 1.29 is 9.53 Å². The summed E-state index contributed by atoms with van der Waals surface area (Å²) in [6.45, 7) is 0.554. The van der Waals surface area contributed by atoms with Crippen LogP contribution in [0.15, 0.2) is 66.0 Å². The molecule has 0 amide bonds. The third-order valence-corrected chi connectivity index (χ3v) is 4.06. The van der Waals surface area contributed by atoms with Gasteiger partial charge in [-0.3, -0.25) is 4.79 Å². The summed E-state index contributed by atoms with van der Waals surface area (Å²) in [5.41, 5.74) is 3.15. The average Bonchev–Trinajstić information content (AvgIpc) is 3.03. The van der Waals surface area contributed by atoms with Gasteiger partial charge in [0, 0.05) is 5.56 Å². The van der Waals surface area contributed by atoms with Gasteiger partial charge < -0.3 is 4.74 Å². The summed E-state index contributed by atoms with van der Waals surface area (Å²) < 4.78 is 5.75. The Labute approximate surface area is 127 Å². The highest BCUT2D eigenvalue weighted by Gasteiger charge is 2.06. The van der Waals surface area contributed by atoms with Crippen LogP contribution in [0.25, 0.3) is 11.1 Å². The highest BCUT2D eigenvalue weighted by atomic mass is 32.1.